The van der Waals surface area contributed by atoms with E-state index in [1.807, 2.05) is 20.8 Å². The Kier molecular flexibility index (Phi) is 4.79. The van der Waals surface area contributed by atoms with Crippen molar-refractivity contribution in [1.82, 2.24) is 14.5 Å². The average molecular weight is 453 g/mol. The molecule has 1 aliphatic rings. The number of amides is 1. The number of pyridine rings is 1. The van der Waals surface area contributed by atoms with E-state index in [0.29, 0.717) is 35.0 Å². The van der Waals surface area contributed by atoms with Gasteiger partial charge in [0.2, 0.25) is 17.2 Å². The highest BCUT2D eigenvalue weighted by atomic mass is 35.5. The summed E-state index contributed by atoms with van der Waals surface area (Å²) in [6.45, 7) is 6.19. The van der Waals surface area contributed by atoms with Crippen molar-refractivity contribution in [3.8, 4) is 0 Å². The standard InChI is InChI=1S/C23H21ClN4O4/c1-12-16-10-31-23(2,3)8-15(16)18-19-20(32-21(18)26-12)22(30)28(11-25-19)9-17(29)27-14-6-4-5-13(24)7-14/h4-7,11H,8-10H2,1-3H3,(H,27,29). The lowest BCUT2D eigenvalue weighted by atomic mass is 9.89. The number of fused-ring (bicyclic) bond motifs is 5. The first-order valence-electron chi connectivity index (χ1n) is 10.2. The molecule has 1 aromatic carbocycles. The SMILES string of the molecule is Cc1nc2oc3c(=O)n(CC(=O)Nc4cccc(Cl)c4)cnc3c2c2c1COC(C)(C)C2. The van der Waals surface area contributed by atoms with Gasteiger partial charge in [-0.2, -0.15) is 0 Å². The molecule has 8 nitrogen and oxygen atoms in total. The second kappa shape index (κ2) is 7.43. The first-order valence-corrected chi connectivity index (χ1v) is 10.6. The lowest BCUT2D eigenvalue weighted by molar-refractivity contribution is -0.116. The summed E-state index contributed by atoms with van der Waals surface area (Å²) in [7, 11) is 0. The molecule has 4 aromatic rings. The second-order valence-electron chi connectivity index (χ2n) is 8.58. The highest BCUT2D eigenvalue weighted by Crippen LogP contribution is 2.37. The number of rotatable bonds is 3. The molecule has 164 valence electrons. The first kappa shape index (κ1) is 20.7. The van der Waals surface area contributed by atoms with Gasteiger partial charge in [0.25, 0.3) is 5.56 Å². The van der Waals surface area contributed by atoms with E-state index in [1.165, 1.54) is 10.9 Å². The molecule has 0 saturated heterocycles. The molecular weight excluding hydrogens is 432 g/mol. The molecule has 0 fully saturated rings. The summed E-state index contributed by atoms with van der Waals surface area (Å²) in [5, 5.41) is 3.97. The molecule has 0 bridgehead atoms. The van der Waals surface area contributed by atoms with Crippen LogP contribution in [0.2, 0.25) is 5.02 Å². The Labute approximate surface area is 188 Å². The molecule has 0 aliphatic carbocycles. The van der Waals surface area contributed by atoms with Crippen LogP contribution in [-0.4, -0.2) is 26.0 Å². The van der Waals surface area contributed by atoms with Crippen LogP contribution in [0.15, 0.2) is 39.8 Å². The summed E-state index contributed by atoms with van der Waals surface area (Å²) in [6.07, 6.45) is 2.03. The molecule has 0 atom stereocenters. The zero-order valence-electron chi connectivity index (χ0n) is 17.9. The molecule has 4 heterocycles. The minimum absolute atomic E-state index is 0.0858. The van der Waals surface area contributed by atoms with Crippen molar-refractivity contribution in [2.45, 2.75) is 45.9 Å². The third-order valence-corrected chi connectivity index (χ3v) is 5.89. The summed E-state index contributed by atoms with van der Waals surface area (Å²) < 4.78 is 13.0. The fraction of sp³-hybridized carbons (Fsp3) is 0.304. The number of halogens is 1. The van der Waals surface area contributed by atoms with E-state index in [9.17, 15) is 9.59 Å². The maximum atomic E-state index is 13.1. The molecule has 0 spiro atoms. The summed E-state index contributed by atoms with van der Waals surface area (Å²) in [6, 6.07) is 6.79. The highest BCUT2D eigenvalue weighted by molar-refractivity contribution is 6.30. The number of ether oxygens (including phenoxy) is 1. The lowest BCUT2D eigenvalue weighted by Gasteiger charge is -2.32. The van der Waals surface area contributed by atoms with Crippen LogP contribution < -0.4 is 10.9 Å². The third-order valence-electron chi connectivity index (χ3n) is 5.65. The smallest absolute Gasteiger partial charge is 0.297 e. The van der Waals surface area contributed by atoms with Gasteiger partial charge < -0.3 is 14.5 Å². The van der Waals surface area contributed by atoms with E-state index in [0.717, 1.165) is 22.2 Å². The van der Waals surface area contributed by atoms with E-state index in [4.69, 9.17) is 20.8 Å². The zero-order chi connectivity index (χ0) is 22.6. The van der Waals surface area contributed by atoms with Gasteiger partial charge in [-0.1, -0.05) is 17.7 Å². The van der Waals surface area contributed by atoms with Gasteiger partial charge in [0.05, 0.1) is 23.9 Å². The van der Waals surface area contributed by atoms with Gasteiger partial charge in [0, 0.05) is 28.4 Å². The minimum atomic E-state index is -0.438. The van der Waals surface area contributed by atoms with Crippen molar-refractivity contribution in [2.75, 3.05) is 5.32 Å². The number of hydrogen-bond acceptors (Lipinski definition) is 6. The van der Waals surface area contributed by atoms with Gasteiger partial charge in [-0.05, 0) is 44.5 Å². The molecule has 1 N–H and O–H groups in total. The molecule has 0 unspecified atom stereocenters. The van der Waals surface area contributed by atoms with Crippen LogP contribution in [0.1, 0.15) is 30.7 Å². The van der Waals surface area contributed by atoms with Gasteiger partial charge >= 0.3 is 0 Å². The molecule has 9 heteroatoms. The number of carbonyl (C=O) groups is 1. The predicted octanol–water partition coefficient (Wildman–Crippen LogP) is 3.99. The number of anilines is 1. The monoisotopic (exact) mass is 452 g/mol. The maximum absolute atomic E-state index is 13.1. The van der Waals surface area contributed by atoms with Crippen LogP contribution in [0, 0.1) is 6.92 Å². The number of aromatic nitrogens is 3. The zero-order valence-corrected chi connectivity index (χ0v) is 18.6. The summed E-state index contributed by atoms with van der Waals surface area (Å²) in [4.78, 5) is 34.6. The van der Waals surface area contributed by atoms with Crippen LogP contribution in [0.3, 0.4) is 0 Å². The molecule has 0 radical (unpaired) electrons. The number of furan rings is 1. The predicted molar refractivity (Wildman–Crippen MR) is 121 cm³/mol. The molecular formula is C23H21ClN4O4. The van der Waals surface area contributed by atoms with Gasteiger partial charge in [-0.3, -0.25) is 14.2 Å². The Morgan fingerprint density at radius 2 is 2.12 bits per heavy atom. The van der Waals surface area contributed by atoms with Gasteiger partial charge in [0.15, 0.2) is 0 Å². The molecule has 5 rings (SSSR count). The molecule has 32 heavy (non-hydrogen) atoms. The van der Waals surface area contributed by atoms with E-state index in [-0.39, 0.29) is 23.6 Å². The summed E-state index contributed by atoms with van der Waals surface area (Å²) in [5.74, 6) is -0.378. The van der Waals surface area contributed by atoms with Crippen LogP contribution in [0.25, 0.3) is 22.2 Å². The Morgan fingerprint density at radius 1 is 1.31 bits per heavy atom. The summed E-state index contributed by atoms with van der Waals surface area (Å²) >= 11 is 5.95. The molecule has 1 aliphatic heterocycles. The van der Waals surface area contributed by atoms with Crippen molar-refractivity contribution >= 4 is 45.4 Å². The van der Waals surface area contributed by atoms with Gasteiger partial charge in [-0.15, -0.1) is 0 Å². The first-order chi connectivity index (χ1) is 15.2. The minimum Gasteiger partial charge on any atom is -0.430 e. The molecule has 1 amide bonds. The van der Waals surface area contributed by atoms with E-state index in [1.54, 1.807) is 24.3 Å². The molecule has 0 saturated carbocycles. The fourth-order valence-electron chi connectivity index (χ4n) is 4.09. The fourth-order valence-corrected chi connectivity index (χ4v) is 4.28. The maximum Gasteiger partial charge on any atom is 0.297 e. The number of benzene rings is 1. The van der Waals surface area contributed by atoms with Crippen LogP contribution >= 0.6 is 11.6 Å². The van der Waals surface area contributed by atoms with Crippen LogP contribution in [0.5, 0.6) is 0 Å². The number of hydrogen-bond donors (Lipinski definition) is 1. The van der Waals surface area contributed by atoms with E-state index < -0.39 is 5.56 Å². The van der Waals surface area contributed by atoms with Crippen LogP contribution in [-0.2, 0) is 29.1 Å². The second-order valence-corrected chi connectivity index (χ2v) is 9.01. The largest absolute Gasteiger partial charge is 0.430 e. The van der Waals surface area contributed by atoms with Crippen molar-refractivity contribution < 1.29 is 13.9 Å². The average Bonchev–Trinajstić information content (AvgIpc) is 3.08. The lowest BCUT2D eigenvalue weighted by Crippen LogP contribution is -2.32. The van der Waals surface area contributed by atoms with Crippen molar-refractivity contribution in [3.05, 3.63) is 62.8 Å². The van der Waals surface area contributed by atoms with Crippen molar-refractivity contribution in [1.29, 1.82) is 0 Å². The number of aryl methyl sites for hydroxylation is 1. The Bertz CT molecular complexity index is 1450. The summed E-state index contributed by atoms with van der Waals surface area (Å²) in [5.41, 5.74) is 3.54. The third kappa shape index (κ3) is 3.55. The molecule has 3 aromatic heterocycles. The van der Waals surface area contributed by atoms with Gasteiger partial charge in [0.1, 0.15) is 12.1 Å². The number of nitrogens with one attached hydrogen (secondary N) is 1. The van der Waals surface area contributed by atoms with Gasteiger partial charge in [-0.25, -0.2) is 9.97 Å². The quantitative estimate of drug-likeness (QED) is 0.504. The Balaban J connectivity index is 1.55. The number of carbonyl (C=O) groups excluding carboxylic acids is 1. The highest BCUT2D eigenvalue weighted by Gasteiger charge is 2.31. The normalized spacial score (nSPS) is 15.1. The van der Waals surface area contributed by atoms with E-state index >= 15 is 0 Å². The topological polar surface area (TPSA) is 99.2 Å². The van der Waals surface area contributed by atoms with Crippen molar-refractivity contribution in [3.63, 3.8) is 0 Å². The van der Waals surface area contributed by atoms with Crippen molar-refractivity contribution in [2.24, 2.45) is 0 Å². The van der Waals surface area contributed by atoms with E-state index in [2.05, 4.69) is 15.3 Å². The number of nitrogens with zero attached hydrogens (tertiary/aromatic N) is 3. The Hall–Kier alpha value is -3.23. The Morgan fingerprint density at radius 3 is 2.91 bits per heavy atom. The van der Waals surface area contributed by atoms with Crippen LogP contribution in [0.4, 0.5) is 5.69 Å².